The van der Waals surface area contributed by atoms with Crippen molar-refractivity contribution in [2.24, 2.45) is 0 Å². The molecule has 0 unspecified atom stereocenters. The van der Waals surface area contributed by atoms with E-state index in [1.807, 2.05) is 11.0 Å². The van der Waals surface area contributed by atoms with Crippen molar-refractivity contribution in [2.75, 3.05) is 32.1 Å². The minimum atomic E-state index is 0.132. The third kappa shape index (κ3) is 4.13. The average molecular weight is 289 g/mol. The van der Waals surface area contributed by atoms with Gasteiger partial charge in [-0.15, -0.1) is 0 Å². The number of hydrogen-bond acceptors (Lipinski definition) is 6. The second-order valence-electron chi connectivity index (χ2n) is 4.91. The highest BCUT2D eigenvalue weighted by Gasteiger charge is 2.23. The Morgan fingerprint density at radius 1 is 1.48 bits per heavy atom. The van der Waals surface area contributed by atoms with Gasteiger partial charge >= 0.3 is 0 Å². The first kappa shape index (κ1) is 15.2. The largest absolute Gasteiger partial charge is 0.384 e. The molecule has 2 rings (SSSR count). The maximum atomic E-state index is 11.9. The number of carbonyl (C=O) groups is 1. The molecule has 0 bridgehead atoms. The zero-order valence-corrected chi connectivity index (χ0v) is 12.1. The Balaban J connectivity index is 1.84. The number of anilines is 1. The molecule has 1 aromatic rings. The van der Waals surface area contributed by atoms with Crippen LogP contribution < -0.4 is 5.32 Å². The summed E-state index contributed by atoms with van der Waals surface area (Å²) in [4.78, 5) is 21.9. The maximum absolute atomic E-state index is 11.9. The Hall–Kier alpha value is -2.20. The van der Waals surface area contributed by atoms with Crippen LogP contribution >= 0.6 is 0 Å². The highest BCUT2D eigenvalue weighted by atomic mass is 16.5. The summed E-state index contributed by atoms with van der Waals surface area (Å²) >= 11 is 0. The van der Waals surface area contributed by atoms with Crippen LogP contribution in [0.3, 0.4) is 0 Å². The van der Waals surface area contributed by atoms with Gasteiger partial charge in [0, 0.05) is 38.6 Å². The lowest BCUT2D eigenvalue weighted by Gasteiger charge is -2.32. The minimum Gasteiger partial charge on any atom is -0.384 e. The van der Waals surface area contributed by atoms with Crippen molar-refractivity contribution in [1.82, 2.24) is 14.9 Å². The van der Waals surface area contributed by atoms with Crippen LogP contribution in [0.4, 0.5) is 5.82 Å². The third-order valence-corrected chi connectivity index (χ3v) is 3.51. The number of ether oxygens (including phenoxy) is 1. The van der Waals surface area contributed by atoms with Gasteiger partial charge in [-0.2, -0.15) is 5.26 Å². The summed E-state index contributed by atoms with van der Waals surface area (Å²) in [5, 5.41) is 12.2. The smallest absolute Gasteiger partial charge is 0.224 e. The first-order valence-corrected chi connectivity index (χ1v) is 6.99. The molecule has 1 aliphatic rings. The lowest BCUT2D eigenvalue weighted by molar-refractivity contribution is -0.133. The highest BCUT2D eigenvalue weighted by molar-refractivity contribution is 5.76. The lowest BCUT2D eigenvalue weighted by atomic mass is 10.0. The molecule has 0 aliphatic carbocycles. The number of methoxy groups -OCH3 is 1. The fraction of sp³-hybridized carbons (Fsp3) is 0.571. The van der Waals surface area contributed by atoms with Gasteiger partial charge in [0.25, 0.3) is 0 Å². The Morgan fingerprint density at radius 3 is 2.86 bits per heavy atom. The molecule has 1 amide bonds. The van der Waals surface area contributed by atoms with Gasteiger partial charge in [0.1, 0.15) is 6.07 Å². The molecule has 21 heavy (non-hydrogen) atoms. The lowest BCUT2D eigenvalue weighted by Crippen LogP contribution is -2.42. The molecule has 0 spiro atoms. The number of likely N-dealkylation sites (tertiary alicyclic amines) is 1. The first-order valence-electron chi connectivity index (χ1n) is 6.99. The van der Waals surface area contributed by atoms with Gasteiger partial charge in [0.2, 0.25) is 5.91 Å². The van der Waals surface area contributed by atoms with E-state index in [1.165, 1.54) is 6.20 Å². The standard InChI is InChI=1S/C14H19N5O2/c1-21-9-4-13(20)19-7-2-11(3-8-19)18-14-12(10-15)16-5-6-17-14/h5-6,11H,2-4,7-9H2,1H3,(H,17,18). The van der Waals surface area contributed by atoms with Crippen molar-refractivity contribution in [2.45, 2.75) is 25.3 Å². The number of piperidine rings is 1. The Morgan fingerprint density at radius 2 is 2.19 bits per heavy atom. The van der Waals surface area contributed by atoms with E-state index in [4.69, 9.17) is 10.00 Å². The topological polar surface area (TPSA) is 91.1 Å². The molecule has 1 fully saturated rings. The van der Waals surface area contributed by atoms with Gasteiger partial charge < -0.3 is 15.0 Å². The number of nitriles is 1. The van der Waals surface area contributed by atoms with Crippen LogP contribution in [0.25, 0.3) is 0 Å². The predicted molar refractivity (Wildman–Crippen MR) is 76.5 cm³/mol. The summed E-state index contributed by atoms with van der Waals surface area (Å²) in [6.45, 7) is 1.88. The van der Waals surface area contributed by atoms with E-state index in [1.54, 1.807) is 13.3 Å². The van der Waals surface area contributed by atoms with E-state index >= 15 is 0 Å². The van der Waals surface area contributed by atoms with Gasteiger partial charge in [0.05, 0.1) is 13.0 Å². The maximum Gasteiger partial charge on any atom is 0.224 e. The van der Waals surface area contributed by atoms with Crippen molar-refractivity contribution < 1.29 is 9.53 Å². The van der Waals surface area contributed by atoms with Crippen LogP contribution in [0.5, 0.6) is 0 Å². The molecule has 2 heterocycles. The average Bonchev–Trinajstić information content (AvgIpc) is 2.54. The zero-order chi connectivity index (χ0) is 15.1. The number of amides is 1. The number of nitrogens with zero attached hydrogens (tertiary/aromatic N) is 4. The highest BCUT2D eigenvalue weighted by Crippen LogP contribution is 2.17. The molecule has 0 aromatic carbocycles. The van der Waals surface area contributed by atoms with E-state index in [2.05, 4.69) is 15.3 Å². The SMILES string of the molecule is COCCC(=O)N1CCC(Nc2nccnc2C#N)CC1. The van der Waals surface area contributed by atoms with Crippen LogP contribution in [0.2, 0.25) is 0 Å². The number of nitrogens with one attached hydrogen (secondary N) is 1. The molecular formula is C14H19N5O2. The van der Waals surface area contributed by atoms with Gasteiger partial charge in [-0.1, -0.05) is 0 Å². The molecule has 0 saturated carbocycles. The molecule has 0 radical (unpaired) electrons. The fourth-order valence-electron chi connectivity index (χ4n) is 2.34. The van der Waals surface area contributed by atoms with Gasteiger partial charge in [-0.25, -0.2) is 9.97 Å². The summed E-state index contributed by atoms with van der Waals surface area (Å²) < 4.78 is 4.92. The zero-order valence-electron chi connectivity index (χ0n) is 12.1. The number of hydrogen-bond donors (Lipinski definition) is 1. The molecule has 0 atom stereocenters. The van der Waals surface area contributed by atoms with Crippen molar-refractivity contribution in [1.29, 1.82) is 5.26 Å². The molecule has 1 aliphatic heterocycles. The summed E-state index contributed by atoms with van der Waals surface area (Å²) in [5.74, 6) is 0.650. The van der Waals surface area contributed by atoms with E-state index < -0.39 is 0 Å². The predicted octanol–water partition coefficient (Wildman–Crippen LogP) is 0.788. The Kier molecular flexibility index (Phi) is 5.46. The second-order valence-corrected chi connectivity index (χ2v) is 4.91. The molecular weight excluding hydrogens is 270 g/mol. The minimum absolute atomic E-state index is 0.132. The van der Waals surface area contributed by atoms with Crippen molar-refractivity contribution in [3.8, 4) is 6.07 Å². The Bertz CT molecular complexity index is 520. The summed E-state index contributed by atoms with van der Waals surface area (Å²) in [7, 11) is 1.59. The molecule has 112 valence electrons. The molecule has 1 N–H and O–H groups in total. The van der Waals surface area contributed by atoms with Crippen molar-refractivity contribution in [3.05, 3.63) is 18.1 Å². The van der Waals surface area contributed by atoms with Gasteiger partial charge in [0.15, 0.2) is 11.5 Å². The number of rotatable bonds is 5. The van der Waals surface area contributed by atoms with Crippen LogP contribution in [0.1, 0.15) is 25.0 Å². The van der Waals surface area contributed by atoms with Gasteiger partial charge in [-0.3, -0.25) is 4.79 Å². The van der Waals surface area contributed by atoms with E-state index in [-0.39, 0.29) is 11.9 Å². The Labute approximate surface area is 123 Å². The normalized spacial score (nSPS) is 15.5. The summed E-state index contributed by atoms with van der Waals surface area (Å²) in [6, 6.07) is 2.23. The molecule has 7 nitrogen and oxygen atoms in total. The number of carbonyl (C=O) groups excluding carboxylic acids is 1. The summed E-state index contributed by atoms with van der Waals surface area (Å²) in [6.07, 6.45) is 5.16. The van der Waals surface area contributed by atoms with Crippen LogP contribution in [-0.4, -0.2) is 53.6 Å². The fourth-order valence-corrected chi connectivity index (χ4v) is 2.34. The molecule has 7 heteroatoms. The van der Waals surface area contributed by atoms with E-state index in [9.17, 15) is 4.79 Å². The van der Waals surface area contributed by atoms with E-state index in [0.29, 0.717) is 37.6 Å². The third-order valence-electron chi connectivity index (χ3n) is 3.51. The van der Waals surface area contributed by atoms with Crippen LogP contribution in [0, 0.1) is 11.3 Å². The molecule has 1 saturated heterocycles. The quantitative estimate of drug-likeness (QED) is 0.861. The summed E-state index contributed by atoms with van der Waals surface area (Å²) in [5.41, 5.74) is 0.302. The van der Waals surface area contributed by atoms with Crippen molar-refractivity contribution in [3.63, 3.8) is 0 Å². The van der Waals surface area contributed by atoms with Crippen molar-refractivity contribution >= 4 is 11.7 Å². The van der Waals surface area contributed by atoms with Crippen LogP contribution in [0.15, 0.2) is 12.4 Å². The van der Waals surface area contributed by atoms with Crippen LogP contribution in [-0.2, 0) is 9.53 Å². The monoisotopic (exact) mass is 289 g/mol. The first-order chi connectivity index (χ1) is 10.2. The molecule has 1 aromatic heterocycles. The number of aromatic nitrogens is 2. The second kappa shape index (κ2) is 7.55. The van der Waals surface area contributed by atoms with Gasteiger partial charge in [-0.05, 0) is 12.8 Å². The van der Waals surface area contributed by atoms with E-state index in [0.717, 1.165) is 12.8 Å².